The van der Waals surface area contributed by atoms with E-state index < -0.39 is 0 Å². The number of rotatable bonds is 2. The highest BCUT2D eigenvalue weighted by Crippen LogP contribution is 2.62. The molecule has 4 aromatic carbocycles. The van der Waals surface area contributed by atoms with Gasteiger partial charge in [-0.25, -0.2) is 25.1 Å². The van der Waals surface area contributed by atoms with E-state index in [2.05, 4.69) is 26.7 Å². The normalized spacial score (nSPS) is 13.9. The summed E-state index contributed by atoms with van der Waals surface area (Å²) in [6.45, 7) is 23.3. The lowest BCUT2D eigenvalue weighted by atomic mass is 9.85. The number of benzene rings is 4. The van der Waals surface area contributed by atoms with Gasteiger partial charge in [0.05, 0.1) is 54.6 Å². The first-order chi connectivity index (χ1) is 22.5. The zero-order chi connectivity index (χ0) is 32.5. The summed E-state index contributed by atoms with van der Waals surface area (Å²) in [5, 5.41) is 49.4. The van der Waals surface area contributed by atoms with Gasteiger partial charge in [0.1, 0.15) is 12.1 Å². The highest BCUT2D eigenvalue weighted by Gasteiger charge is 2.42. The van der Waals surface area contributed by atoms with E-state index in [1.807, 2.05) is 30.3 Å². The predicted molar refractivity (Wildman–Crippen MR) is 169 cm³/mol. The maximum atomic E-state index is 10.2. The summed E-state index contributed by atoms with van der Waals surface area (Å²) in [4.78, 5) is 10.6. The summed E-state index contributed by atoms with van der Waals surface area (Å²) >= 11 is 0. The highest BCUT2D eigenvalue weighted by molar-refractivity contribution is 6.39. The van der Waals surface area contributed by atoms with Crippen LogP contribution in [0.2, 0.25) is 0 Å². The van der Waals surface area contributed by atoms with Crippen molar-refractivity contribution in [2.75, 3.05) is 0 Å². The van der Waals surface area contributed by atoms with E-state index in [9.17, 15) is 26.3 Å². The molecule has 0 saturated heterocycles. The second-order valence-electron chi connectivity index (χ2n) is 10.0. The van der Waals surface area contributed by atoms with Crippen molar-refractivity contribution in [3.8, 4) is 52.6 Å². The van der Waals surface area contributed by atoms with Crippen LogP contribution in [0.15, 0.2) is 84.2 Å². The third-order valence-electron chi connectivity index (χ3n) is 7.95. The molecule has 0 heterocycles. The van der Waals surface area contributed by atoms with Crippen LogP contribution < -0.4 is 0 Å². The molecule has 0 N–H and O–H groups in total. The maximum absolute atomic E-state index is 10.2. The van der Waals surface area contributed by atoms with E-state index in [1.165, 1.54) is 0 Å². The Hall–Kier alpha value is -7.98. The quantitative estimate of drug-likeness (QED) is 0.173. The lowest BCUT2D eigenvalue weighted by molar-refractivity contribution is 1.42. The first-order valence-corrected chi connectivity index (χ1v) is 13.4. The van der Waals surface area contributed by atoms with Crippen LogP contribution in [-0.2, 0) is 0 Å². The van der Waals surface area contributed by atoms with Crippen molar-refractivity contribution in [2.45, 2.75) is 0 Å². The van der Waals surface area contributed by atoms with Crippen molar-refractivity contribution in [1.29, 1.82) is 26.3 Å². The Balaban J connectivity index is 1.81. The first kappa shape index (κ1) is 28.2. The smallest absolute Gasteiger partial charge is 0.237 e. The number of allylic oxidation sites excluding steroid dienone is 6. The molecule has 8 nitrogen and oxygen atoms in total. The number of fused-ring (bicyclic) bond motifs is 4. The average Bonchev–Trinajstić information content (AvgIpc) is 3.62. The fourth-order valence-electron chi connectivity index (χ4n) is 6.12. The minimum absolute atomic E-state index is 0.169. The van der Waals surface area contributed by atoms with Gasteiger partial charge in [0.2, 0.25) is 5.69 Å². The molecule has 0 atom stereocenters. The van der Waals surface area contributed by atoms with E-state index in [4.69, 9.17) is 19.7 Å². The molecule has 0 spiro atoms. The van der Waals surface area contributed by atoms with Gasteiger partial charge in [-0.3, -0.25) is 0 Å². The van der Waals surface area contributed by atoms with Crippen molar-refractivity contribution in [1.82, 2.24) is 0 Å². The fourth-order valence-corrected chi connectivity index (χ4v) is 6.12. The number of nitriles is 5. The summed E-state index contributed by atoms with van der Waals surface area (Å²) < 4.78 is 0. The van der Waals surface area contributed by atoms with Crippen LogP contribution in [0.4, 0.5) is 5.69 Å². The van der Waals surface area contributed by atoms with Gasteiger partial charge < -0.3 is 0 Å². The number of hydrogen-bond acceptors (Lipinski definition) is 5. The van der Waals surface area contributed by atoms with Gasteiger partial charge in [-0.05, 0) is 73.9 Å². The minimum atomic E-state index is -0.190. The highest BCUT2D eigenvalue weighted by atomic mass is 14.7. The van der Waals surface area contributed by atoms with E-state index in [-0.39, 0.29) is 33.8 Å². The van der Waals surface area contributed by atoms with Crippen molar-refractivity contribution in [2.24, 2.45) is 0 Å². The Labute approximate surface area is 263 Å². The zero-order valence-corrected chi connectivity index (χ0v) is 23.5. The van der Waals surface area contributed by atoms with Crippen molar-refractivity contribution in [3.05, 3.63) is 157 Å². The van der Waals surface area contributed by atoms with Gasteiger partial charge in [-0.15, -0.1) is 0 Å². The van der Waals surface area contributed by atoms with E-state index in [0.717, 1.165) is 0 Å². The van der Waals surface area contributed by atoms with Crippen molar-refractivity contribution >= 4 is 28.0 Å². The monoisotopic (exact) mass is 580 g/mol. The molecule has 0 aliphatic heterocycles. The summed E-state index contributed by atoms with van der Waals surface area (Å²) in [5.74, 6) is 0. The molecule has 0 fully saturated rings. The molecular weight excluding hydrogens is 568 g/mol. The second-order valence-corrected chi connectivity index (χ2v) is 10.0. The zero-order valence-electron chi connectivity index (χ0n) is 23.5. The molecule has 0 aromatic heterocycles. The van der Waals surface area contributed by atoms with Gasteiger partial charge in [0, 0.05) is 11.1 Å². The molecule has 0 radical (unpaired) electrons. The van der Waals surface area contributed by atoms with Crippen LogP contribution in [0.25, 0.3) is 59.1 Å². The van der Waals surface area contributed by atoms with Gasteiger partial charge >= 0.3 is 0 Å². The molecule has 46 heavy (non-hydrogen) atoms. The molecule has 0 bridgehead atoms. The Morgan fingerprint density at radius 3 is 1.41 bits per heavy atom. The van der Waals surface area contributed by atoms with Crippen LogP contribution in [0.5, 0.6) is 0 Å². The number of nitrogens with zero attached hydrogens (tertiary/aromatic N) is 8. The summed E-state index contributed by atoms with van der Waals surface area (Å²) in [6.07, 6.45) is 0. The van der Waals surface area contributed by atoms with Crippen LogP contribution in [0.3, 0.4) is 0 Å². The average molecular weight is 581 g/mol. The van der Waals surface area contributed by atoms with E-state index >= 15 is 0 Å². The standard InChI is InChI=1S/C38H12N8/c1-44-30-13-12-22(15-25(30)18-41)27-7-5-9-29-34(27)38-35(31(19-42)45-2)28-8-4-6-26(21-10-11-23(16-39)24(14-21)17-40)33(28)37(38)36(29)32(20-43)46-3/h4-15H/b35-31+,36-32-. The lowest BCUT2D eigenvalue weighted by Crippen LogP contribution is -1.98. The maximum Gasteiger partial charge on any atom is 0.270 e. The van der Waals surface area contributed by atoms with Gasteiger partial charge in [0.15, 0.2) is 0 Å². The Morgan fingerprint density at radius 1 is 0.522 bits per heavy atom. The lowest BCUT2D eigenvalue weighted by Gasteiger charge is -2.18. The van der Waals surface area contributed by atoms with E-state index in [0.29, 0.717) is 66.8 Å². The molecule has 8 heteroatoms. The minimum Gasteiger partial charge on any atom is -0.237 e. The molecule has 0 amide bonds. The molecule has 6 rings (SSSR count). The third-order valence-corrected chi connectivity index (χ3v) is 7.95. The van der Waals surface area contributed by atoms with E-state index in [1.54, 1.807) is 60.7 Å². The van der Waals surface area contributed by atoms with Gasteiger partial charge in [0.25, 0.3) is 11.4 Å². The van der Waals surface area contributed by atoms with Crippen LogP contribution >= 0.6 is 0 Å². The third kappa shape index (κ3) is 3.93. The molecule has 2 aliphatic carbocycles. The predicted octanol–water partition coefficient (Wildman–Crippen LogP) is 8.43. The molecule has 2 aliphatic rings. The fraction of sp³-hybridized carbons (Fsp3) is 0. The summed E-state index contributed by atoms with van der Waals surface area (Å²) in [7, 11) is 0. The first-order valence-electron chi connectivity index (χ1n) is 13.4. The largest absolute Gasteiger partial charge is 0.270 e. The topological polar surface area (TPSA) is 132 Å². The Bertz CT molecular complexity index is 2350. The summed E-state index contributed by atoms with van der Waals surface area (Å²) in [6, 6.07) is 30.6. The molecule has 4 aromatic rings. The van der Waals surface area contributed by atoms with Gasteiger partial charge in [-0.1, -0.05) is 54.6 Å². The molecular formula is C38H12N8. The van der Waals surface area contributed by atoms with Crippen LogP contribution in [0.1, 0.15) is 38.9 Å². The van der Waals surface area contributed by atoms with Crippen molar-refractivity contribution in [3.63, 3.8) is 0 Å². The van der Waals surface area contributed by atoms with Crippen molar-refractivity contribution < 1.29 is 0 Å². The molecule has 204 valence electrons. The second kappa shape index (κ2) is 11.0. The van der Waals surface area contributed by atoms with Crippen LogP contribution in [0, 0.1) is 76.4 Å². The Morgan fingerprint density at radius 2 is 0.978 bits per heavy atom. The molecule has 0 saturated carbocycles. The molecule has 0 unspecified atom stereocenters. The van der Waals surface area contributed by atoms with Crippen LogP contribution in [-0.4, -0.2) is 0 Å². The van der Waals surface area contributed by atoms with Gasteiger partial charge in [-0.2, -0.15) is 15.8 Å². The SMILES string of the molecule is [C-]#[N+]/C(C#N)=C1C2=C(/C(=C(\C#N)[N+]#[C-])c3cccc(-c4ccc(C#N)c(C#N)c4)c32)c2c\1cccc2-c1ccc([N+]#[C-])c(C#N)c1. The summed E-state index contributed by atoms with van der Waals surface area (Å²) in [5.41, 5.74) is 6.68. The number of hydrogen-bond donors (Lipinski definition) is 0. The Kier molecular flexibility index (Phi) is 6.74.